The molecule has 62 valence electrons. The number of hydrogen-bond acceptors (Lipinski definition) is 5. The van der Waals surface area contributed by atoms with Crippen LogP contribution in [0.25, 0.3) is 0 Å². The van der Waals surface area contributed by atoms with Gasteiger partial charge in [-0.2, -0.15) is 0 Å². The van der Waals surface area contributed by atoms with E-state index in [1.54, 1.807) is 0 Å². The van der Waals surface area contributed by atoms with Crippen LogP contribution in [0, 0.1) is 0 Å². The summed E-state index contributed by atoms with van der Waals surface area (Å²) in [6, 6.07) is 0. The number of cyclic esters (lactones) is 1. The summed E-state index contributed by atoms with van der Waals surface area (Å²) in [5, 5.41) is 17.8. The molecule has 0 aromatic carbocycles. The van der Waals surface area contributed by atoms with Crippen LogP contribution in [0.1, 0.15) is 6.92 Å². The van der Waals surface area contributed by atoms with E-state index in [9.17, 15) is 9.59 Å². The van der Waals surface area contributed by atoms with Crippen LogP contribution in [0.2, 0.25) is 0 Å². The Hall–Kier alpha value is -0.940. The molecule has 1 aliphatic rings. The predicted octanol–water partition coefficient (Wildman–Crippen LogP) is -1.78. The molecule has 0 spiro atoms. The van der Waals surface area contributed by atoms with Gasteiger partial charge in [0.25, 0.3) is 5.78 Å². The highest BCUT2D eigenvalue weighted by atomic mass is 16.6. The first kappa shape index (κ1) is 8.16. The summed E-state index contributed by atoms with van der Waals surface area (Å²) >= 11 is 0. The summed E-state index contributed by atoms with van der Waals surface area (Å²) < 4.78 is 4.36. The van der Waals surface area contributed by atoms with E-state index in [0.717, 1.165) is 0 Å². The molecule has 11 heavy (non-hydrogen) atoms. The van der Waals surface area contributed by atoms with Crippen LogP contribution in [0.3, 0.4) is 0 Å². The van der Waals surface area contributed by atoms with Crippen molar-refractivity contribution in [1.29, 1.82) is 0 Å². The van der Waals surface area contributed by atoms with Crippen molar-refractivity contribution in [2.24, 2.45) is 0 Å². The molecule has 5 heteroatoms. The third-order valence-electron chi connectivity index (χ3n) is 1.50. The van der Waals surface area contributed by atoms with E-state index in [0.29, 0.717) is 0 Å². The lowest BCUT2D eigenvalue weighted by Crippen LogP contribution is -2.34. The van der Waals surface area contributed by atoms with E-state index in [2.05, 4.69) is 4.74 Å². The van der Waals surface area contributed by atoms with Crippen LogP contribution in [0.4, 0.5) is 0 Å². The van der Waals surface area contributed by atoms with E-state index in [-0.39, 0.29) is 0 Å². The van der Waals surface area contributed by atoms with Gasteiger partial charge in [-0.05, 0) is 6.92 Å². The van der Waals surface area contributed by atoms with E-state index in [1.165, 1.54) is 6.92 Å². The summed E-state index contributed by atoms with van der Waals surface area (Å²) in [5.74, 6) is -2.07. The first-order valence-electron chi connectivity index (χ1n) is 3.15. The average Bonchev–Trinajstić information content (AvgIpc) is 2.17. The van der Waals surface area contributed by atoms with Gasteiger partial charge >= 0.3 is 5.97 Å². The summed E-state index contributed by atoms with van der Waals surface area (Å²) in [4.78, 5) is 21.0. The van der Waals surface area contributed by atoms with Gasteiger partial charge in [0.1, 0.15) is 0 Å². The van der Waals surface area contributed by atoms with Crippen LogP contribution >= 0.6 is 0 Å². The molecule has 1 fully saturated rings. The molecule has 0 aromatic rings. The van der Waals surface area contributed by atoms with Gasteiger partial charge in [-0.15, -0.1) is 0 Å². The predicted molar refractivity (Wildman–Crippen MR) is 32.6 cm³/mol. The lowest BCUT2D eigenvalue weighted by atomic mass is 10.1. The normalized spacial score (nSPS) is 33.7. The highest BCUT2D eigenvalue weighted by Crippen LogP contribution is 2.14. The van der Waals surface area contributed by atoms with Gasteiger partial charge in [0.2, 0.25) is 0 Å². The molecule has 1 aliphatic heterocycles. The van der Waals surface area contributed by atoms with Crippen molar-refractivity contribution in [3.05, 3.63) is 0 Å². The fourth-order valence-corrected chi connectivity index (χ4v) is 0.878. The molecule has 3 atom stereocenters. The monoisotopic (exact) mass is 160 g/mol. The van der Waals surface area contributed by atoms with Gasteiger partial charge in [-0.1, -0.05) is 0 Å². The van der Waals surface area contributed by atoms with Gasteiger partial charge in [0.15, 0.2) is 12.2 Å². The van der Waals surface area contributed by atoms with Crippen molar-refractivity contribution in [2.45, 2.75) is 25.2 Å². The third-order valence-corrected chi connectivity index (χ3v) is 1.50. The van der Waals surface area contributed by atoms with E-state index in [4.69, 9.17) is 10.2 Å². The van der Waals surface area contributed by atoms with Crippen molar-refractivity contribution in [1.82, 2.24) is 0 Å². The summed E-state index contributed by atoms with van der Waals surface area (Å²) in [7, 11) is 0. The summed E-state index contributed by atoms with van der Waals surface area (Å²) in [5.41, 5.74) is 0. The molecule has 0 unspecified atom stereocenters. The Balaban J connectivity index is 2.75. The van der Waals surface area contributed by atoms with Crippen molar-refractivity contribution in [3.63, 3.8) is 0 Å². The fourth-order valence-electron chi connectivity index (χ4n) is 0.878. The van der Waals surface area contributed by atoms with Crippen LogP contribution in [-0.2, 0) is 14.3 Å². The molecule has 0 saturated carbocycles. The van der Waals surface area contributed by atoms with Crippen LogP contribution < -0.4 is 0 Å². The van der Waals surface area contributed by atoms with Gasteiger partial charge in [-0.3, -0.25) is 4.79 Å². The molecular weight excluding hydrogens is 152 g/mol. The van der Waals surface area contributed by atoms with Crippen LogP contribution in [-0.4, -0.2) is 40.3 Å². The second-order valence-corrected chi connectivity index (χ2v) is 2.42. The molecule has 0 aromatic heterocycles. The number of Topliss-reactive ketones (excluding diaryl/α,β-unsaturated/α-hetero) is 1. The Kier molecular flexibility index (Phi) is 1.92. The minimum atomic E-state index is -1.51. The molecule has 1 saturated heterocycles. The van der Waals surface area contributed by atoms with Gasteiger partial charge in [0.05, 0.1) is 6.10 Å². The third kappa shape index (κ3) is 1.24. The maximum absolute atomic E-state index is 10.6. The van der Waals surface area contributed by atoms with Crippen molar-refractivity contribution in [2.75, 3.05) is 0 Å². The summed E-state index contributed by atoms with van der Waals surface area (Å²) in [6.45, 7) is 1.33. The Bertz CT molecular complexity index is 197. The standard InChI is InChI=1S/C6H8O5/c1-2(7)5-3(8)4(9)6(10)11-5/h2-3,5,7-8H,1H3/t2-,3+,5+/m0/s1. The zero-order chi connectivity index (χ0) is 8.59. The fraction of sp³-hybridized carbons (Fsp3) is 0.667. The van der Waals surface area contributed by atoms with Crippen molar-refractivity contribution in [3.8, 4) is 0 Å². The largest absolute Gasteiger partial charge is 0.451 e. The summed E-state index contributed by atoms with van der Waals surface area (Å²) in [6.07, 6.45) is -3.64. The Morgan fingerprint density at radius 2 is 2.09 bits per heavy atom. The number of carbonyl (C=O) groups excluding carboxylic acids is 2. The Morgan fingerprint density at radius 1 is 1.55 bits per heavy atom. The molecule has 1 rings (SSSR count). The molecular formula is C6H8O5. The highest BCUT2D eigenvalue weighted by molar-refractivity contribution is 6.37. The number of ether oxygens (including phenoxy) is 1. The second-order valence-electron chi connectivity index (χ2n) is 2.42. The topological polar surface area (TPSA) is 83.8 Å². The van der Waals surface area contributed by atoms with E-state index < -0.39 is 30.1 Å². The van der Waals surface area contributed by atoms with Crippen LogP contribution in [0.15, 0.2) is 0 Å². The molecule has 0 bridgehead atoms. The number of carbonyl (C=O) groups is 2. The molecule has 0 radical (unpaired) electrons. The highest BCUT2D eigenvalue weighted by Gasteiger charge is 2.44. The van der Waals surface area contributed by atoms with Gasteiger partial charge in [-0.25, -0.2) is 4.79 Å². The molecule has 5 nitrogen and oxygen atoms in total. The number of rotatable bonds is 1. The Labute approximate surface area is 62.6 Å². The quantitative estimate of drug-likeness (QED) is 0.350. The first-order chi connectivity index (χ1) is 5.04. The van der Waals surface area contributed by atoms with Crippen LogP contribution in [0.5, 0.6) is 0 Å². The minimum absolute atomic E-state index is 0.990. The number of hydrogen-bond donors (Lipinski definition) is 2. The number of aliphatic hydroxyl groups is 2. The first-order valence-corrected chi connectivity index (χ1v) is 3.15. The lowest BCUT2D eigenvalue weighted by molar-refractivity contribution is -0.150. The Morgan fingerprint density at radius 3 is 2.27 bits per heavy atom. The molecule has 0 amide bonds. The molecule has 1 heterocycles. The minimum Gasteiger partial charge on any atom is -0.451 e. The maximum Gasteiger partial charge on any atom is 0.378 e. The smallest absolute Gasteiger partial charge is 0.378 e. The molecule has 0 aliphatic carbocycles. The SMILES string of the molecule is C[C@H](O)[C@H]1OC(=O)C(=O)[C@H]1O. The number of aliphatic hydroxyl groups excluding tert-OH is 2. The zero-order valence-electron chi connectivity index (χ0n) is 5.85. The van der Waals surface area contributed by atoms with E-state index in [1.807, 2.05) is 0 Å². The van der Waals surface area contributed by atoms with E-state index >= 15 is 0 Å². The second kappa shape index (κ2) is 2.60. The number of ketones is 1. The van der Waals surface area contributed by atoms with Crippen molar-refractivity contribution < 1.29 is 24.5 Å². The van der Waals surface area contributed by atoms with Gasteiger partial charge < -0.3 is 14.9 Å². The molecule has 2 N–H and O–H groups in total. The lowest BCUT2D eigenvalue weighted by Gasteiger charge is -2.13. The maximum atomic E-state index is 10.6. The zero-order valence-corrected chi connectivity index (χ0v) is 5.85. The number of esters is 1. The average molecular weight is 160 g/mol. The van der Waals surface area contributed by atoms with Gasteiger partial charge in [0, 0.05) is 0 Å². The van der Waals surface area contributed by atoms with Crippen molar-refractivity contribution >= 4 is 11.8 Å².